The van der Waals surface area contributed by atoms with Gasteiger partial charge in [-0.2, -0.15) is 0 Å². The number of aromatic nitrogens is 1. The van der Waals surface area contributed by atoms with Crippen LogP contribution in [0, 0.1) is 5.92 Å². The van der Waals surface area contributed by atoms with Gasteiger partial charge in [0.15, 0.2) is 5.13 Å². The highest BCUT2D eigenvalue weighted by Crippen LogP contribution is 2.33. The maximum atomic E-state index is 12.0. The van der Waals surface area contributed by atoms with Gasteiger partial charge in [-0.15, -0.1) is 11.3 Å². The minimum Gasteiger partial charge on any atom is -0.480 e. The van der Waals surface area contributed by atoms with E-state index in [0.29, 0.717) is 11.0 Å². The van der Waals surface area contributed by atoms with Crippen LogP contribution in [0.4, 0.5) is 9.93 Å². The van der Waals surface area contributed by atoms with E-state index in [0.717, 1.165) is 31.5 Å². The van der Waals surface area contributed by atoms with Crippen LogP contribution in [0.5, 0.6) is 0 Å². The number of rotatable bonds is 8. The zero-order valence-corrected chi connectivity index (χ0v) is 14.6. The third-order valence-corrected chi connectivity index (χ3v) is 5.43. The van der Waals surface area contributed by atoms with Crippen LogP contribution < -0.4 is 10.6 Å². The van der Waals surface area contributed by atoms with Gasteiger partial charge in [-0.05, 0) is 38.0 Å². The first-order valence-corrected chi connectivity index (χ1v) is 9.39. The number of carbonyl (C=O) groups is 2. The van der Waals surface area contributed by atoms with Gasteiger partial charge >= 0.3 is 12.0 Å². The van der Waals surface area contributed by atoms with Crippen LogP contribution in [-0.4, -0.2) is 52.2 Å². The van der Waals surface area contributed by atoms with Crippen molar-refractivity contribution in [3.63, 3.8) is 0 Å². The molecular formula is C16H24N4O3S. The third kappa shape index (κ3) is 4.67. The number of hydrogen-bond acceptors (Lipinski definition) is 5. The number of anilines is 1. The Kier molecular flexibility index (Phi) is 5.35. The van der Waals surface area contributed by atoms with E-state index in [1.165, 1.54) is 24.2 Å². The van der Waals surface area contributed by atoms with Crippen molar-refractivity contribution in [2.75, 3.05) is 18.4 Å². The summed E-state index contributed by atoms with van der Waals surface area (Å²) in [5.74, 6) is -0.113. The Bertz CT molecular complexity index is 596. The van der Waals surface area contributed by atoms with Crippen molar-refractivity contribution < 1.29 is 14.7 Å². The molecule has 8 heteroatoms. The molecule has 2 fully saturated rings. The molecule has 2 aliphatic rings. The highest BCUT2D eigenvalue weighted by atomic mass is 32.1. The normalized spacial score (nSPS) is 22.9. The number of carboxylic acids is 1. The molecule has 3 N–H and O–H groups in total. The van der Waals surface area contributed by atoms with Crippen LogP contribution in [0.3, 0.4) is 0 Å². The molecule has 0 spiro atoms. The Hall–Kier alpha value is -1.67. The van der Waals surface area contributed by atoms with E-state index in [-0.39, 0.29) is 24.7 Å². The lowest BCUT2D eigenvalue weighted by molar-refractivity contribution is -0.139. The zero-order valence-electron chi connectivity index (χ0n) is 13.8. The van der Waals surface area contributed by atoms with Gasteiger partial charge in [0.25, 0.3) is 0 Å². The molecule has 0 radical (unpaired) electrons. The van der Waals surface area contributed by atoms with E-state index >= 15 is 0 Å². The van der Waals surface area contributed by atoms with E-state index in [1.54, 1.807) is 0 Å². The number of aliphatic carboxylic acids is 1. The average Bonchev–Trinajstić information content (AvgIpc) is 3.18. The largest absolute Gasteiger partial charge is 0.480 e. The van der Waals surface area contributed by atoms with Crippen LogP contribution in [0.2, 0.25) is 0 Å². The van der Waals surface area contributed by atoms with Gasteiger partial charge in [0.1, 0.15) is 0 Å². The fraction of sp³-hybridized carbons (Fsp3) is 0.688. The molecule has 0 unspecified atom stereocenters. The topological polar surface area (TPSA) is 94.6 Å². The van der Waals surface area contributed by atoms with Crippen LogP contribution >= 0.6 is 11.3 Å². The van der Waals surface area contributed by atoms with Crippen LogP contribution in [-0.2, 0) is 11.2 Å². The second-order valence-corrected chi connectivity index (χ2v) is 7.54. The van der Waals surface area contributed by atoms with Gasteiger partial charge in [-0.3, -0.25) is 15.0 Å². The van der Waals surface area contributed by atoms with Crippen LogP contribution in [0.15, 0.2) is 5.38 Å². The van der Waals surface area contributed by atoms with Gasteiger partial charge < -0.3 is 10.4 Å². The van der Waals surface area contributed by atoms with Crippen molar-refractivity contribution in [3.8, 4) is 0 Å². The second-order valence-electron chi connectivity index (χ2n) is 6.68. The molecule has 1 aromatic heterocycles. The van der Waals surface area contributed by atoms with Gasteiger partial charge in [-0.25, -0.2) is 9.78 Å². The van der Waals surface area contributed by atoms with Crippen LogP contribution in [0.1, 0.15) is 38.3 Å². The molecule has 1 aromatic rings. The molecule has 0 saturated heterocycles. The third-order valence-electron chi connectivity index (χ3n) is 4.63. The summed E-state index contributed by atoms with van der Waals surface area (Å²) in [6, 6.07) is 0.136. The number of amides is 2. The molecule has 0 bridgehead atoms. The van der Waals surface area contributed by atoms with Crippen molar-refractivity contribution in [3.05, 3.63) is 11.1 Å². The lowest BCUT2D eigenvalue weighted by atomic mass is 9.85. The molecule has 0 atom stereocenters. The van der Waals surface area contributed by atoms with Crippen LogP contribution in [0.25, 0.3) is 0 Å². The van der Waals surface area contributed by atoms with Gasteiger partial charge in [0, 0.05) is 24.0 Å². The number of nitrogens with one attached hydrogen (secondary N) is 2. The van der Waals surface area contributed by atoms with Crippen molar-refractivity contribution in [2.24, 2.45) is 5.92 Å². The molecule has 0 aromatic carbocycles. The lowest BCUT2D eigenvalue weighted by Crippen LogP contribution is -2.55. The molecule has 2 amide bonds. The van der Waals surface area contributed by atoms with E-state index in [1.807, 2.05) is 12.3 Å². The predicted molar refractivity (Wildman–Crippen MR) is 92.4 cm³/mol. The van der Waals surface area contributed by atoms with E-state index in [2.05, 4.69) is 20.5 Å². The summed E-state index contributed by atoms with van der Waals surface area (Å²) in [6.45, 7) is 2.99. The summed E-state index contributed by atoms with van der Waals surface area (Å²) in [5.41, 5.74) is 0.975. The Morgan fingerprint density at radius 2 is 2.17 bits per heavy atom. The second kappa shape index (κ2) is 7.48. The Morgan fingerprint density at radius 3 is 2.75 bits per heavy atom. The summed E-state index contributed by atoms with van der Waals surface area (Å²) in [7, 11) is 0. The van der Waals surface area contributed by atoms with Gasteiger partial charge in [0.05, 0.1) is 12.2 Å². The zero-order chi connectivity index (χ0) is 17.1. The van der Waals surface area contributed by atoms with Crippen molar-refractivity contribution in [1.82, 2.24) is 15.2 Å². The Balaban J connectivity index is 1.41. The molecule has 132 valence electrons. The maximum Gasteiger partial charge on any atom is 0.321 e. The molecule has 2 saturated carbocycles. The minimum absolute atomic E-state index is 0.0962. The monoisotopic (exact) mass is 352 g/mol. The number of nitrogens with zero attached hydrogens (tertiary/aromatic N) is 2. The predicted octanol–water partition coefficient (Wildman–Crippen LogP) is 2.15. The highest BCUT2D eigenvalue weighted by molar-refractivity contribution is 7.13. The van der Waals surface area contributed by atoms with Gasteiger partial charge in [0.2, 0.25) is 0 Å². The molecular weight excluding hydrogens is 328 g/mol. The first-order valence-electron chi connectivity index (χ1n) is 8.51. The minimum atomic E-state index is -0.777. The Labute approximate surface area is 145 Å². The maximum absolute atomic E-state index is 12.0. The number of urea groups is 1. The quantitative estimate of drug-likeness (QED) is 0.666. The van der Waals surface area contributed by atoms with E-state index in [9.17, 15) is 9.59 Å². The lowest BCUT2D eigenvalue weighted by Gasteiger charge is -2.42. The number of aryl methyl sites for hydroxylation is 1. The van der Waals surface area contributed by atoms with E-state index < -0.39 is 5.97 Å². The highest BCUT2D eigenvalue weighted by Gasteiger charge is 2.37. The number of thiazole rings is 1. The molecule has 2 aliphatic carbocycles. The molecule has 3 rings (SSSR count). The summed E-state index contributed by atoms with van der Waals surface area (Å²) in [6.07, 6.45) is 4.89. The summed E-state index contributed by atoms with van der Waals surface area (Å²) >= 11 is 1.42. The van der Waals surface area contributed by atoms with Crippen molar-refractivity contribution in [1.29, 1.82) is 0 Å². The molecule has 1 heterocycles. The fourth-order valence-corrected chi connectivity index (χ4v) is 3.79. The standard InChI is InChI=1S/C16H24N4O3S/c1-2-11-9-24-16(18-11)19-15(23)17-12-5-13(6-12)20(8-14(21)22)7-10-3-4-10/h9-10,12-13H,2-8H2,1H3,(H,21,22)(H2,17,18,19,23). The SMILES string of the molecule is CCc1csc(NC(=O)NC2CC(N(CC(=O)O)CC3CC3)C2)n1. The summed E-state index contributed by atoms with van der Waals surface area (Å²) in [4.78, 5) is 29.4. The van der Waals surface area contributed by atoms with Crippen molar-refractivity contribution in [2.45, 2.75) is 51.1 Å². The number of carboxylic acid groups (broad SMARTS) is 1. The summed E-state index contributed by atoms with van der Waals surface area (Å²) < 4.78 is 0. The fourth-order valence-electron chi connectivity index (χ4n) is 3.00. The smallest absolute Gasteiger partial charge is 0.321 e. The molecule has 24 heavy (non-hydrogen) atoms. The van der Waals surface area contributed by atoms with Crippen molar-refractivity contribution >= 4 is 28.5 Å². The van der Waals surface area contributed by atoms with E-state index in [4.69, 9.17) is 5.11 Å². The number of carbonyl (C=O) groups excluding carboxylic acids is 1. The molecule has 7 nitrogen and oxygen atoms in total. The number of hydrogen-bond donors (Lipinski definition) is 3. The first-order chi connectivity index (χ1) is 11.5. The Morgan fingerprint density at radius 1 is 1.42 bits per heavy atom. The first kappa shape index (κ1) is 17.2. The average molecular weight is 352 g/mol. The molecule has 0 aliphatic heterocycles. The summed E-state index contributed by atoms with van der Waals surface area (Å²) in [5, 5.41) is 17.3. The van der Waals surface area contributed by atoms with Gasteiger partial charge in [-0.1, -0.05) is 6.92 Å².